The summed E-state index contributed by atoms with van der Waals surface area (Å²) in [6, 6.07) is 4.33. The molecular weight excluding hydrogens is 198 g/mol. The smallest absolute Gasteiger partial charge is 0.307 e. The van der Waals surface area contributed by atoms with Crippen molar-refractivity contribution in [3.8, 4) is 0 Å². The Bertz CT molecular complexity index is 400. The zero-order valence-electron chi connectivity index (χ0n) is 8.27. The second-order valence-corrected chi connectivity index (χ2v) is 3.13. The minimum atomic E-state index is -0.981. The standard InChI is InChI=1S/C10H11NO4/c1-2-7-3-4-9(11(14)15)5-8(7)6-10(12)13/h3-5H,2,6H2,1H3,(H,12,13). The summed E-state index contributed by atoms with van der Waals surface area (Å²) in [4.78, 5) is 20.5. The van der Waals surface area contributed by atoms with Gasteiger partial charge in [-0.25, -0.2) is 0 Å². The Morgan fingerprint density at radius 2 is 2.13 bits per heavy atom. The second-order valence-electron chi connectivity index (χ2n) is 3.13. The van der Waals surface area contributed by atoms with Crippen molar-refractivity contribution >= 4 is 11.7 Å². The molecule has 0 aliphatic heterocycles. The lowest BCUT2D eigenvalue weighted by Crippen LogP contribution is -2.04. The number of rotatable bonds is 4. The molecule has 5 nitrogen and oxygen atoms in total. The third kappa shape index (κ3) is 2.77. The number of carbonyl (C=O) groups is 1. The van der Waals surface area contributed by atoms with Gasteiger partial charge < -0.3 is 5.11 Å². The van der Waals surface area contributed by atoms with Crippen LogP contribution in [-0.2, 0) is 17.6 Å². The molecule has 0 unspecified atom stereocenters. The van der Waals surface area contributed by atoms with Gasteiger partial charge in [-0.3, -0.25) is 14.9 Å². The molecule has 0 aromatic heterocycles. The van der Waals surface area contributed by atoms with Crippen LogP contribution in [0.25, 0.3) is 0 Å². The van der Waals surface area contributed by atoms with E-state index >= 15 is 0 Å². The number of carboxylic acid groups (broad SMARTS) is 1. The second kappa shape index (κ2) is 4.54. The molecule has 0 aliphatic rings. The van der Waals surface area contributed by atoms with Crippen LogP contribution in [0.3, 0.4) is 0 Å². The molecule has 1 aromatic rings. The van der Waals surface area contributed by atoms with Gasteiger partial charge in [-0.05, 0) is 17.5 Å². The fourth-order valence-electron chi connectivity index (χ4n) is 1.40. The van der Waals surface area contributed by atoms with Crippen molar-refractivity contribution in [3.63, 3.8) is 0 Å². The Morgan fingerprint density at radius 3 is 2.60 bits per heavy atom. The first-order chi connectivity index (χ1) is 7.04. The molecule has 80 valence electrons. The third-order valence-corrected chi connectivity index (χ3v) is 2.12. The number of hydrogen-bond acceptors (Lipinski definition) is 3. The Hall–Kier alpha value is -1.91. The first kappa shape index (κ1) is 11.2. The lowest BCUT2D eigenvalue weighted by atomic mass is 10.0. The van der Waals surface area contributed by atoms with Crippen LogP contribution in [0.1, 0.15) is 18.1 Å². The highest BCUT2D eigenvalue weighted by Crippen LogP contribution is 2.18. The summed E-state index contributed by atoms with van der Waals surface area (Å²) < 4.78 is 0. The molecule has 0 saturated heterocycles. The van der Waals surface area contributed by atoms with Gasteiger partial charge in [0.2, 0.25) is 0 Å². The summed E-state index contributed by atoms with van der Waals surface area (Å²) in [6.07, 6.45) is 0.492. The zero-order valence-corrected chi connectivity index (χ0v) is 8.27. The summed E-state index contributed by atoms with van der Waals surface area (Å²) in [5.74, 6) is -0.981. The molecule has 0 fully saturated rings. The van der Waals surface area contributed by atoms with Gasteiger partial charge in [0.05, 0.1) is 11.3 Å². The lowest BCUT2D eigenvalue weighted by molar-refractivity contribution is -0.384. The van der Waals surface area contributed by atoms with E-state index in [2.05, 4.69) is 0 Å². The number of aryl methyl sites for hydroxylation is 1. The number of benzene rings is 1. The normalized spacial score (nSPS) is 9.93. The molecule has 0 radical (unpaired) electrons. The van der Waals surface area contributed by atoms with Crippen molar-refractivity contribution in [1.82, 2.24) is 0 Å². The Kier molecular flexibility index (Phi) is 3.38. The molecule has 0 aliphatic carbocycles. The van der Waals surface area contributed by atoms with Gasteiger partial charge in [0.1, 0.15) is 0 Å². The fourth-order valence-corrected chi connectivity index (χ4v) is 1.40. The van der Waals surface area contributed by atoms with E-state index < -0.39 is 10.9 Å². The monoisotopic (exact) mass is 209 g/mol. The minimum absolute atomic E-state index is 0.0662. The van der Waals surface area contributed by atoms with Crippen LogP contribution in [0.4, 0.5) is 5.69 Å². The molecule has 15 heavy (non-hydrogen) atoms. The number of nitrogens with zero attached hydrogens (tertiary/aromatic N) is 1. The lowest BCUT2D eigenvalue weighted by Gasteiger charge is -2.04. The predicted molar refractivity (Wildman–Crippen MR) is 53.8 cm³/mol. The number of aliphatic carboxylic acids is 1. The molecular formula is C10H11NO4. The van der Waals surface area contributed by atoms with E-state index in [9.17, 15) is 14.9 Å². The highest BCUT2D eigenvalue weighted by atomic mass is 16.6. The van der Waals surface area contributed by atoms with Crippen LogP contribution in [0.2, 0.25) is 0 Å². The number of nitro groups is 1. The van der Waals surface area contributed by atoms with Crippen molar-refractivity contribution in [2.45, 2.75) is 19.8 Å². The fraction of sp³-hybridized carbons (Fsp3) is 0.300. The van der Waals surface area contributed by atoms with Crippen LogP contribution < -0.4 is 0 Å². The van der Waals surface area contributed by atoms with Gasteiger partial charge in [-0.2, -0.15) is 0 Å². The van der Waals surface area contributed by atoms with Crippen LogP contribution in [0, 0.1) is 10.1 Å². The van der Waals surface area contributed by atoms with Gasteiger partial charge in [0, 0.05) is 12.1 Å². The maximum Gasteiger partial charge on any atom is 0.307 e. The van der Waals surface area contributed by atoms with Crippen LogP contribution in [0.15, 0.2) is 18.2 Å². The van der Waals surface area contributed by atoms with Gasteiger partial charge in [-0.15, -0.1) is 0 Å². The largest absolute Gasteiger partial charge is 0.481 e. The van der Waals surface area contributed by atoms with E-state index in [0.717, 1.165) is 5.56 Å². The quantitative estimate of drug-likeness (QED) is 0.605. The summed E-state index contributed by atoms with van der Waals surface area (Å²) in [5, 5.41) is 19.1. The topological polar surface area (TPSA) is 80.4 Å². The van der Waals surface area contributed by atoms with Crippen molar-refractivity contribution in [1.29, 1.82) is 0 Å². The molecule has 5 heteroatoms. The van der Waals surface area contributed by atoms with Gasteiger partial charge in [-0.1, -0.05) is 13.0 Å². The molecule has 0 amide bonds. The summed E-state index contributed by atoms with van der Waals surface area (Å²) in [7, 11) is 0. The highest BCUT2D eigenvalue weighted by molar-refractivity contribution is 5.71. The summed E-state index contributed by atoms with van der Waals surface area (Å²) in [5.41, 5.74) is 1.28. The first-order valence-corrected chi connectivity index (χ1v) is 4.52. The molecule has 0 heterocycles. The molecule has 1 N–H and O–H groups in total. The average Bonchev–Trinajstić information content (AvgIpc) is 2.16. The average molecular weight is 209 g/mol. The SMILES string of the molecule is CCc1ccc([N+](=O)[O-])cc1CC(=O)O. The van der Waals surface area contributed by atoms with Crippen LogP contribution in [0.5, 0.6) is 0 Å². The number of non-ortho nitro benzene ring substituents is 1. The zero-order chi connectivity index (χ0) is 11.4. The van der Waals surface area contributed by atoms with E-state index in [-0.39, 0.29) is 12.1 Å². The molecule has 0 spiro atoms. The van der Waals surface area contributed by atoms with E-state index in [0.29, 0.717) is 12.0 Å². The minimum Gasteiger partial charge on any atom is -0.481 e. The molecule has 0 bridgehead atoms. The number of carboxylic acids is 1. The Balaban J connectivity index is 3.12. The third-order valence-electron chi connectivity index (χ3n) is 2.12. The Morgan fingerprint density at radius 1 is 1.47 bits per heavy atom. The molecule has 0 atom stereocenters. The number of nitro benzene ring substituents is 1. The Labute approximate surface area is 86.5 Å². The van der Waals surface area contributed by atoms with Crippen molar-refractivity contribution in [2.24, 2.45) is 0 Å². The van der Waals surface area contributed by atoms with E-state index in [4.69, 9.17) is 5.11 Å². The van der Waals surface area contributed by atoms with Crippen molar-refractivity contribution < 1.29 is 14.8 Å². The van der Waals surface area contributed by atoms with Gasteiger partial charge in [0.15, 0.2) is 0 Å². The maximum absolute atomic E-state index is 10.5. The maximum atomic E-state index is 10.5. The van der Waals surface area contributed by atoms with Crippen molar-refractivity contribution in [3.05, 3.63) is 39.4 Å². The predicted octanol–water partition coefficient (Wildman–Crippen LogP) is 1.78. The van der Waals surface area contributed by atoms with Crippen molar-refractivity contribution in [2.75, 3.05) is 0 Å². The van der Waals surface area contributed by atoms with Crippen LogP contribution >= 0.6 is 0 Å². The van der Waals surface area contributed by atoms with E-state index in [1.54, 1.807) is 6.07 Å². The number of hydrogen-bond donors (Lipinski definition) is 1. The highest BCUT2D eigenvalue weighted by Gasteiger charge is 2.11. The molecule has 0 saturated carbocycles. The first-order valence-electron chi connectivity index (χ1n) is 4.52. The van der Waals surface area contributed by atoms with Crippen LogP contribution in [-0.4, -0.2) is 16.0 Å². The summed E-state index contributed by atoms with van der Waals surface area (Å²) >= 11 is 0. The molecule has 1 rings (SSSR count). The van der Waals surface area contributed by atoms with E-state index in [1.165, 1.54) is 12.1 Å². The van der Waals surface area contributed by atoms with Gasteiger partial charge in [0.25, 0.3) is 5.69 Å². The van der Waals surface area contributed by atoms with Gasteiger partial charge >= 0.3 is 5.97 Å². The molecule has 1 aromatic carbocycles. The van der Waals surface area contributed by atoms with E-state index in [1.807, 2.05) is 6.92 Å². The summed E-state index contributed by atoms with van der Waals surface area (Å²) in [6.45, 7) is 1.88.